The molecular weight excluding hydrogens is 240 g/mol. The molecule has 3 fully saturated rings. The lowest BCUT2D eigenvalue weighted by Crippen LogP contribution is -2.62. The van der Waals surface area contributed by atoms with Crippen molar-refractivity contribution in [1.82, 2.24) is 4.90 Å². The highest BCUT2D eigenvalue weighted by Gasteiger charge is 2.62. The molecular formula is C15H28N2O2. The van der Waals surface area contributed by atoms with Crippen molar-refractivity contribution in [2.24, 2.45) is 11.1 Å². The van der Waals surface area contributed by atoms with E-state index in [1.807, 2.05) is 0 Å². The van der Waals surface area contributed by atoms with Crippen molar-refractivity contribution in [3.8, 4) is 0 Å². The van der Waals surface area contributed by atoms with Crippen molar-refractivity contribution in [3.05, 3.63) is 0 Å². The van der Waals surface area contributed by atoms with Gasteiger partial charge in [0.05, 0.1) is 17.8 Å². The maximum atomic E-state index is 11.3. The molecule has 4 heteroatoms. The number of ether oxygens (including phenoxy) is 1. The maximum Gasteiger partial charge on any atom is 0.0766 e. The Morgan fingerprint density at radius 3 is 2.42 bits per heavy atom. The third-order valence-electron chi connectivity index (χ3n) is 5.96. The third-order valence-corrected chi connectivity index (χ3v) is 5.96. The summed E-state index contributed by atoms with van der Waals surface area (Å²) in [7, 11) is 0. The van der Waals surface area contributed by atoms with E-state index in [4.69, 9.17) is 10.5 Å². The van der Waals surface area contributed by atoms with Crippen molar-refractivity contribution >= 4 is 0 Å². The predicted octanol–water partition coefficient (Wildman–Crippen LogP) is 1.12. The van der Waals surface area contributed by atoms with Crippen LogP contribution in [0.15, 0.2) is 0 Å². The number of fused-ring (bicyclic) bond motifs is 2. The van der Waals surface area contributed by atoms with Crippen molar-refractivity contribution in [2.45, 2.75) is 69.8 Å². The van der Waals surface area contributed by atoms with E-state index in [1.54, 1.807) is 0 Å². The minimum Gasteiger partial charge on any atom is -0.389 e. The molecule has 0 aromatic carbocycles. The SMILES string of the molecule is CC(C)N1CCC(O)(C2(CN)CC3CCC2O3)CC1. The first-order chi connectivity index (χ1) is 9.01. The molecule has 0 saturated carbocycles. The van der Waals surface area contributed by atoms with E-state index in [1.165, 1.54) is 0 Å². The molecule has 19 heavy (non-hydrogen) atoms. The molecule has 3 saturated heterocycles. The van der Waals surface area contributed by atoms with E-state index in [2.05, 4.69) is 18.7 Å². The van der Waals surface area contributed by atoms with Gasteiger partial charge in [0.15, 0.2) is 0 Å². The van der Waals surface area contributed by atoms with E-state index < -0.39 is 5.60 Å². The Bertz CT molecular complexity index is 339. The Morgan fingerprint density at radius 2 is 2.00 bits per heavy atom. The number of piperidine rings is 1. The minimum absolute atomic E-state index is 0.182. The van der Waals surface area contributed by atoms with E-state index in [0.29, 0.717) is 18.7 Å². The zero-order valence-corrected chi connectivity index (χ0v) is 12.3. The van der Waals surface area contributed by atoms with Gasteiger partial charge in [-0.3, -0.25) is 0 Å². The molecule has 2 bridgehead atoms. The predicted molar refractivity (Wildman–Crippen MR) is 74.9 cm³/mol. The summed E-state index contributed by atoms with van der Waals surface area (Å²) in [6, 6.07) is 0.564. The number of hydrogen-bond acceptors (Lipinski definition) is 4. The fourth-order valence-corrected chi connectivity index (χ4v) is 4.60. The van der Waals surface area contributed by atoms with Gasteiger partial charge in [0.1, 0.15) is 0 Å². The van der Waals surface area contributed by atoms with Gasteiger partial charge in [-0.15, -0.1) is 0 Å². The molecule has 4 nitrogen and oxygen atoms in total. The van der Waals surface area contributed by atoms with Crippen LogP contribution in [0.5, 0.6) is 0 Å². The van der Waals surface area contributed by atoms with Crippen LogP contribution < -0.4 is 5.73 Å². The van der Waals surface area contributed by atoms with Crippen LogP contribution >= 0.6 is 0 Å². The van der Waals surface area contributed by atoms with Gasteiger partial charge in [-0.05, 0) is 46.0 Å². The lowest BCUT2D eigenvalue weighted by Gasteiger charge is -2.52. The van der Waals surface area contributed by atoms with Crippen molar-refractivity contribution in [3.63, 3.8) is 0 Å². The first-order valence-electron chi connectivity index (χ1n) is 7.83. The average Bonchev–Trinajstić information content (AvgIpc) is 3.00. The minimum atomic E-state index is -0.618. The highest BCUT2D eigenvalue weighted by molar-refractivity contribution is 5.12. The quantitative estimate of drug-likeness (QED) is 0.805. The number of likely N-dealkylation sites (tertiary alicyclic amines) is 1. The standard InChI is InChI=1S/C15H28N2O2/c1-11(2)17-7-5-15(18,6-8-17)14(10-16)9-12-3-4-13(14)19-12/h11-13,18H,3-10,16H2,1-2H3. The smallest absolute Gasteiger partial charge is 0.0766 e. The second-order valence-corrected chi connectivity index (χ2v) is 7.05. The molecule has 3 N–H and O–H groups in total. The average molecular weight is 268 g/mol. The number of rotatable bonds is 3. The van der Waals surface area contributed by atoms with Gasteiger partial charge in [0.2, 0.25) is 0 Å². The molecule has 110 valence electrons. The summed E-state index contributed by atoms with van der Waals surface area (Å²) in [6.45, 7) is 6.97. The second-order valence-electron chi connectivity index (χ2n) is 7.05. The summed E-state index contributed by atoms with van der Waals surface area (Å²) in [6.07, 6.45) is 5.42. The summed E-state index contributed by atoms with van der Waals surface area (Å²) in [5, 5.41) is 11.3. The zero-order chi connectivity index (χ0) is 13.7. The van der Waals surface area contributed by atoms with Crippen LogP contribution in [-0.2, 0) is 4.74 Å². The molecule has 0 spiro atoms. The van der Waals surface area contributed by atoms with Crippen molar-refractivity contribution in [1.29, 1.82) is 0 Å². The van der Waals surface area contributed by atoms with Gasteiger partial charge in [-0.1, -0.05) is 0 Å². The van der Waals surface area contributed by atoms with E-state index in [9.17, 15) is 5.11 Å². The molecule has 3 atom stereocenters. The molecule has 3 rings (SSSR count). The molecule has 0 aromatic rings. The molecule has 0 radical (unpaired) electrons. The Labute approximate surface area is 116 Å². The normalized spacial score (nSPS) is 42.2. The van der Waals surface area contributed by atoms with E-state index in [0.717, 1.165) is 45.2 Å². The van der Waals surface area contributed by atoms with Gasteiger partial charge < -0.3 is 20.5 Å². The van der Waals surface area contributed by atoms with Gasteiger partial charge in [0.25, 0.3) is 0 Å². The Morgan fingerprint density at radius 1 is 1.32 bits per heavy atom. The molecule has 3 aliphatic heterocycles. The fourth-order valence-electron chi connectivity index (χ4n) is 4.60. The molecule has 3 aliphatic rings. The lowest BCUT2D eigenvalue weighted by molar-refractivity contribution is -0.143. The fraction of sp³-hybridized carbons (Fsp3) is 1.00. The first kappa shape index (κ1) is 13.8. The number of hydrogen-bond donors (Lipinski definition) is 2. The van der Waals surface area contributed by atoms with Crippen molar-refractivity contribution in [2.75, 3.05) is 19.6 Å². The monoisotopic (exact) mass is 268 g/mol. The van der Waals surface area contributed by atoms with Crippen LogP contribution in [0.2, 0.25) is 0 Å². The Kier molecular flexibility index (Phi) is 3.41. The van der Waals surface area contributed by atoms with Gasteiger partial charge >= 0.3 is 0 Å². The molecule has 0 amide bonds. The number of aliphatic hydroxyl groups is 1. The molecule has 0 aromatic heterocycles. The van der Waals surface area contributed by atoms with E-state index >= 15 is 0 Å². The van der Waals surface area contributed by atoms with Crippen LogP contribution in [0, 0.1) is 5.41 Å². The Hall–Kier alpha value is -0.160. The van der Waals surface area contributed by atoms with Crippen LogP contribution in [-0.4, -0.2) is 53.5 Å². The highest BCUT2D eigenvalue weighted by atomic mass is 16.5. The summed E-state index contributed by atoms with van der Waals surface area (Å²) >= 11 is 0. The largest absolute Gasteiger partial charge is 0.389 e. The Balaban J connectivity index is 1.77. The topological polar surface area (TPSA) is 58.7 Å². The lowest BCUT2D eigenvalue weighted by atomic mass is 9.60. The summed E-state index contributed by atoms with van der Waals surface area (Å²) in [4.78, 5) is 2.45. The van der Waals surface area contributed by atoms with Crippen molar-refractivity contribution < 1.29 is 9.84 Å². The van der Waals surface area contributed by atoms with Crippen LogP contribution in [0.25, 0.3) is 0 Å². The van der Waals surface area contributed by atoms with Gasteiger partial charge in [-0.25, -0.2) is 0 Å². The van der Waals surface area contributed by atoms with E-state index in [-0.39, 0.29) is 11.5 Å². The number of nitrogens with zero attached hydrogens (tertiary/aromatic N) is 1. The second kappa shape index (κ2) is 4.69. The van der Waals surface area contributed by atoms with Gasteiger partial charge in [-0.2, -0.15) is 0 Å². The van der Waals surface area contributed by atoms with Crippen LogP contribution in [0.3, 0.4) is 0 Å². The summed E-state index contributed by atoms with van der Waals surface area (Å²) in [5.74, 6) is 0. The zero-order valence-electron chi connectivity index (χ0n) is 12.3. The first-order valence-corrected chi connectivity index (χ1v) is 7.83. The molecule has 3 unspecified atom stereocenters. The van der Waals surface area contributed by atoms with Crippen LogP contribution in [0.4, 0.5) is 0 Å². The molecule has 3 heterocycles. The molecule has 0 aliphatic carbocycles. The summed E-state index contributed by atoms with van der Waals surface area (Å²) < 4.78 is 6.02. The van der Waals surface area contributed by atoms with Gasteiger partial charge in [0, 0.05) is 31.1 Å². The maximum absolute atomic E-state index is 11.3. The highest BCUT2D eigenvalue weighted by Crippen LogP contribution is 2.55. The van der Waals surface area contributed by atoms with Crippen LogP contribution in [0.1, 0.15) is 46.0 Å². The third kappa shape index (κ3) is 1.96. The summed E-state index contributed by atoms with van der Waals surface area (Å²) in [5.41, 5.74) is 5.31. The number of nitrogens with two attached hydrogens (primary N) is 1.